The first kappa shape index (κ1) is 15.8. The second-order valence-corrected chi connectivity index (χ2v) is 5.46. The SMILES string of the molecule is CC(C)NCc1cc(N2CC=C(C(F)(F)F)CC2)ccn1. The van der Waals surface area contributed by atoms with E-state index in [0.29, 0.717) is 19.1 Å². The highest BCUT2D eigenvalue weighted by Gasteiger charge is 2.34. The van der Waals surface area contributed by atoms with Crippen LogP contribution in [0.1, 0.15) is 26.0 Å². The Balaban J connectivity index is 2.03. The van der Waals surface area contributed by atoms with Crippen LogP contribution in [0.5, 0.6) is 0 Å². The van der Waals surface area contributed by atoms with E-state index >= 15 is 0 Å². The number of alkyl halides is 3. The normalized spacial score (nSPS) is 16.3. The molecule has 1 aliphatic rings. The number of halogens is 3. The van der Waals surface area contributed by atoms with Crippen LogP contribution in [-0.2, 0) is 6.54 Å². The summed E-state index contributed by atoms with van der Waals surface area (Å²) < 4.78 is 37.8. The number of hydrogen-bond donors (Lipinski definition) is 1. The van der Waals surface area contributed by atoms with Crippen LogP contribution in [0, 0.1) is 0 Å². The van der Waals surface area contributed by atoms with Gasteiger partial charge in [-0.15, -0.1) is 0 Å². The van der Waals surface area contributed by atoms with E-state index in [1.165, 1.54) is 6.08 Å². The predicted molar refractivity (Wildman–Crippen MR) is 77.2 cm³/mol. The number of nitrogens with zero attached hydrogens (tertiary/aromatic N) is 2. The van der Waals surface area contributed by atoms with Gasteiger partial charge in [-0.25, -0.2) is 0 Å². The molecule has 0 unspecified atom stereocenters. The molecule has 1 N–H and O–H groups in total. The molecule has 1 aromatic rings. The zero-order chi connectivity index (χ0) is 15.5. The summed E-state index contributed by atoms with van der Waals surface area (Å²) in [6.07, 6.45) is -1.19. The molecule has 0 amide bonds. The first-order valence-corrected chi connectivity index (χ1v) is 7.06. The highest BCUT2D eigenvalue weighted by Crippen LogP contribution is 2.31. The molecular weight excluding hydrogens is 279 g/mol. The summed E-state index contributed by atoms with van der Waals surface area (Å²) in [6, 6.07) is 4.13. The minimum Gasteiger partial charge on any atom is -0.367 e. The third-order valence-corrected chi connectivity index (χ3v) is 3.43. The van der Waals surface area contributed by atoms with E-state index in [0.717, 1.165) is 11.4 Å². The second-order valence-electron chi connectivity index (χ2n) is 5.46. The van der Waals surface area contributed by atoms with Gasteiger partial charge in [0.05, 0.1) is 5.69 Å². The Morgan fingerprint density at radius 3 is 2.71 bits per heavy atom. The first-order chi connectivity index (χ1) is 9.86. The third kappa shape index (κ3) is 4.46. The van der Waals surface area contributed by atoms with Gasteiger partial charge in [0, 0.05) is 43.1 Å². The lowest BCUT2D eigenvalue weighted by Crippen LogP contribution is -2.32. The predicted octanol–water partition coefficient (Wildman–Crippen LogP) is 3.28. The van der Waals surface area contributed by atoms with Crippen molar-refractivity contribution >= 4 is 5.69 Å². The fraction of sp³-hybridized carbons (Fsp3) is 0.533. The van der Waals surface area contributed by atoms with Crippen LogP contribution in [-0.4, -0.2) is 30.3 Å². The Bertz CT molecular complexity index is 509. The molecule has 21 heavy (non-hydrogen) atoms. The van der Waals surface area contributed by atoms with Crippen molar-refractivity contribution in [3.05, 3.63) is 35.7 Å². The van der Waals surface area contributed by atoms with Gasteiger partial charge in [-0.1, -0.05) is 19.9 Å². The summed E-state index contributed by atoms with van der Waals surface area (Å²) in [4.78, 5) is 6.22. The monoisotopic (exact) mass is 299 g/mol. The maximum absolute atomic E-state index is 12.6. The van der Waals surface area contributed by atoms with E-state index in [2.05, 4.69) is 24.1 Å². The van der Waals surface area contributed by atoms with Gasteiger partial charge in [-0.05, 0) is 18.6 Å². The lowest BCUT2D eigenvalue weighted by molar-refractivity contribution is -0.0943. The molecule has 0 radical (unpaired) electrons. The van der Waals surface area contributed by atoms with Gasteiger partial charge >= 0.3 is 6.18 Å². The molecule has 2 heterocycles. The van der Waals surface area contributed by atoms with Crippen LogP contribution in [0.3, 0.4) is 0 Å². The number of nitrogens with one attached hydrogen (secondary N) is 1. The number of pyridine rings is 1. The van der Waals surface area contributed by atoms with Gasteiger partial charge in [-0.2, -0.15) is 13.2 Å². The van der Waals surface area contributed by atoms with Crippen molar-refractivity contribution in [2.45, 2.75) is 39.0 Å². The molecule has 0 bridgehead atoms. The number of aromatic nitrogens is 1. The van der Waals surface area contributed by atoms with Gasteiger partial charge in [0.25, 0.3) is 0 Å². The average Bonchev–Trinajstić information content (AvgIpc) is 2.45. The molecular formula is C15H20F3N3. The molecule has 0 aliphatic carbocycles. The molecule has 0 fully saturated rings. The van der Waals surface area contributed by atoms with E-state index < -0.39 is 11.7 Å². The number of anilines is 1. The molecule has 0 aromatic carbocycles. The van der Waals surface area contributed by atoms with Crippen molar-refractivity contribution in [1.29, 1.82) is 0 Å². The van der Waals surface area contributed by atoms with Crippen LogP contribution in [0.15, 0.2) is 30.0 Å². The van der Waals surface area contributed by atoms with Crippen LogP contribution < -0.4 is 10.2 Å². The fourth-order valence-corrected chi connectivity index (χ4v) is 2.23. The summed E-state index contributed by atoms with van der Waals surface area (Å²) in [7, 11) is 0. The van der Waals surface area contributed by atoms with E-state index in [9.17, 15) is 13.2 Å². The molecule has 1 aromatic heterocycles. The van der Waals surface area contributed by atoms with Crippen LogP contribution in [0.4, 0.5) is 18.9 Å². The summed E-state index contributed by atoms with van der Waals surface area (Å²) in [5.74, 6) is 0. The van der Waals surface area contributed by atoms with Gasteiger partial charge in [0.15, 0.2) is 0 Å². The van der Waals surface area contributed by atoms with E-state index in [4.69, 9.17) is 0 Å². The molecule has 6 heteroatoms. The number of rotatable bonds is 4. The molecule has 3 nitrogen and oxygen atoms in total. The minimum absolute atomic E-state index is 0.0331. The van der Waals surface area contributed by atoms with Crippen molar-refractivity contribution in [2.24, 2.45) is 0 Å². The summed E-state index contributed by atoms with van der Waals surface area (Å²) in [5.41, 5.74) is 1.39. The van der Waals surface area contributed by atoms with Crippen molar-refractivity contribution in [3.8, 4) is 0 Å². The summed E-state index contributed by atoms with van der Waals surface area (Å²) in [5, 5.41) is 3.28. The molecule has 2 rings (SSSR count). The van der Waals surface area contributed by atoms with E-state index in [-0.39, 0.29) is 13.0 Å². The lowest BCUT2D eigenvalue weighted by atomic mass is 10.1. The van der Waals surface area contributed by atoms with Crippen LogP contribution in [0.25, 0.3) is 0 Å². The van der Waals surface area contributed by atoms with Crippen molar-refractivity contribution in [1.82, 2.24) is 10.3 Å². The number of hydrogen-bond acceptors (Lipinski definition) is 3. The summed E-state index contributed by atoms with van der Waals surface area (Å²) in [6.45, 7) is 5.43. The van der Waals surface area contributed by atoms with Crippen molar-refractivity contribution in [3.63, 3.8) is 0 Å². The maximum Gasteiger partial charge on any atom is 0.412 e. The minimum atomic E-state index is -4.20. The Labute approximate surface area is 122 Å². The van der Waals surface area contributed by atoms with E-state index in [1.54, 1.807) is 6.20 Å². The topological polar surface area (TPSA) is 28.2 Å². The quantitative estimate of drug-likeness (QED) is 0.865. The lowest BCUT2D eigenvalue weighted by Gasteiger charge is -2.29. The van der Waals surface area contributed by atoms with Gasteiger partial charge in [0.2, 0.25) is 0 Å². The van der Waals surface area contributed by atoms with Crippen LogP contribution in [0.2, 0.25) is 0 Å². The van der Waals surface area contributed by atoms with Crippen molar-refractivity contribution < 1.29 is 13.2 Å². The largest absolute Gasteiger partial charge is 0.412 e. The van der Waals surface area contributed by atoms with Crippen LogP contribution >= 0.6 is 0 Å². The highest BCUT2D eigenvalue weighted by molar-refractivity contribution is 5.48. The molecule has 0 saturated heterocycles. The Hall–Kier alpha value is -1.56. The first-order valence-electron chi connectivity index (χ1n) is 7.06. The average molecular weight is 299 g/mol. The third-order valence-electron chi connectivity index (χ3n) is 3.43. The van der Waals surface area contributed by atoms with E-state index in [1.807, 2.05) is 17.0 Å². The fourth-order valence-electron chi connectivity index (χ4n) is 2.23. The Kier molecular flexibility index (Phi) is 4.88. The van der Waals surface area contributed by atoms with Gasteiger partial charge in [-0.3, -0.25) is 4.98 Å². The second kappa shape index (κ2) is 6.47. The van der Waals surface area contributed by atoms with Gasteiger partial charge < -0.3 is 10.2 Å². The maximum atomic E-state index is 12.6. The molecule has 116 valence electrons. The zero-order valence-corrected chi connectivity index (χ0v) is 12.2. The smallest absolute Gasteiger partial charge is 0.367 e. The zero-order valence-electron chi connectivity index (χ0n) is 12.2. The van der Waals surface area contributed by atoms with Gasteiger partial charge in [0.1, 0.15) is 0 Å². The Morgan fingerprint density at radius 1 is 1.38 bits per heavy atom. The Morgan fingerprint density at radius 2 is 2.14 bits per heavy atom. The van der Waals surface area contributed by atoms with Crippen molar-refractivity contribution in [2.75, 3.05) is 18.0 Å². The molecule has 0 atom stereocenters. The summed E-state index contributed by atoms with van der Waals surface area (Å²) >= 11 is 0. The molecule has 0 spiro atoms. The molecule has 1 aliphatic heterocycles. The molecule has 0 saturated carbocycles. The standard InChI is InChI=1S/C15H20F3N3/c1-11(2)20-10-13-9-14(3-6-19-13)21-7-4-12(5-8-21)15(16,17)18/h3-4,6,9,11,20H,5,7-8,10H2,1-2H3. The highest BCUT2D eigenvalue weighted by atomic mass is 19.4.